The summed E-state index contributed by atoms with van der Waals surface area (Å²) in [6.07, 6.45) is 5.29. The number of carbonyl (C=O) groups is 1. The maximum Gasteiger partial charge on any atom is 0.229 e. The quantitative estimate of drug-likeness (QED) is 0.691. The molecule has 1 heterocycles. The van der Waals surface area contributed by atoms with Gasteiger partial charge in [0.25, 0.3) is 0 Å². The van der Waals surface area contributed by atoms with Crippen molar-refractivity contribution in [2.24, 2.45) is 5.92 Å². The monoisotopic (exact) mass is 234 g/mol. The van der Waals surface area contributed by atoms with Crippen LogP contribution in [0.3, 0.4) is 0 Å². The van der Waals surface area contributed by atoms with Gasteiger partial charge in [0.1, 0.15) is 0 Å². The fraction of sp³-hybridized carbons (Fsp3) is 0.500. The van der Waals surface area contributed by atoms with Crippen LogP contribution in [0.2, 0.25) is 0 Å². The summed E-state index contributed by atoms with van der Waals surface area (Å²) in [5.74, 6) is 0.0556. The molecular weight excluding hydrogens is 212 g/mol. The van der Waals surface area contributed by atoms with Gasteiger partial charge in [-0.15, -0.1) is 0 Å². The molecule has 1 fully saturated rings. The molecule has 1 unspecified atom stereocenters. The lowest BCUT2D eigenvalue weighted by atomic mass is 9.98. The molecule has 1 aliphatic heterocycles. The summed E-state index contributed by atoms with van der Waals surface area (Å²) in [6, 6.07) is 0. The van der Waals surface area contributed by atoms with Crippen LogP contribution in [0.25, 0.3) is 0 Å². The molecule has 1 amide bonds. The van der Waals surface area contributed by atoms with E-state index in [0.717, 1.165) is 31.8 Å². The van der Waals surface area contributed by atoms with Gasteiger partial charge in [0.2, 0.25) is 5.91 Å². The first-order chi connectivity index (χ1) is 8.10. The lowest BCUT2D eigenvalue weighted by molar-refractivity contribution is -0.135. The summed E-state index contributed by atoms with van der Waals surface area (Å²) in [4.78, 5) is 16.4. The number of carbonyl (C=O) groups excluding carboxylic acids is 1. The van der Waals surface area contributed by atoms with Gasteiger partial charge in [-0.1, -0.05) is 31.4 Å². The van der Waals surface area contributed by atoms with Crippen molar-refractivity contribution in [3.8, 4) is 0 Å². The number of nitrogens with zero attached hydrogens (tertiary/aromatic N) is 2. The molecule has 0 saturated carbocycles. The first-order valence-corrected chi connectivity index (χ1v) is 6.02. The highest BCUT2D eigenvalue weighted by Crippen LogP contribution is 2.16. The van der Waals surface area contributed by atoms with Crippen molar-refractivity contribution in [3.63, 3.8) is 0 Å². The summed E-state index contributed by atoms with van der Waals surface area (Å²) >= 11 is 0. The number of hydrogen-bond donors (Lipinski definition) is 0. The van der Waals surface area contributed by atoms with Gasteiger partial charge >= 0.3 is 0 Å². The van der Waals surface area contributed by atoms with Crippen LogP contribution in [0.5, 0.6) is 0 Å². The Morgan fingerprint density at radius 2 is 1.82 bits per heavy atom. The van der Waals surface area contributed by atoms with E-state index in [2.05, 4.69) is 25.1 Å². The van der Waals surface area contributed by atoms with Crippen LogP contribution in [0, 0.1) is 5.92 Å². The van der Waals surface area contributed by atoms with Crippen LogP contribution in [-0.4, -0.2) is 48.9 Å². The summed E-state index contributed by atoms with van der Waals surface area (Å²) < 4.78 is 0. The van der Waals surface area contributed by atoms with Crippen LogP contribution in [0.15, 0.2) is 37.0 Å². The Bertz CT molecular complexity index is 325. The normalized spacial score (nSPS) is 19.9. The van der Waals surface area contributed by atoms with E-state index in [1.165, 1.54) is 0 Å². The number of allylic oxidation sites excluding steroid dienone is 3. The molecule has 0 N–H and O–H groups in total. The average Bonchev–Trinajstić information content (AvgIpc) is 2.35. The zero-order valence-corrected chi connectivity index (χ0v) is 10.9. The summed E-state index contributed by atoms with van der Waals surface area (Å²) in [7, 11) is 2.08. The molecule has 0 spiro atoms. The molecule has 1 atom stereocenters. The Hall–Kier alpha value is -1.35. The summed E-state index contributed by atoms with van der Waals surface area (Å²) in [5.41, 5.74) is 0.934. The molecule has 0 radical (unpaired) electrons. The highest BCUT2D eigenvalue weighted by atomic mass is 16.2. The van der Waals surface area contributed by atoms with Crippen LogP contribution in [-0.2, 0) is 4.79 Å². The molecule has 0 aromatic carbocycles. The highest BCUT2D eigenvalue weighted by molar-refractivity contribution is 5.82. The van der Waals surface area contributed by atoms with E-state index in [0.29, 0.717) is 0 Å². The molecular formula is C14H22N2O. The van der Waals surface area contributed by atoms with Crippen molar-refractivity contribution in [2.75, 3.05) is 33.2 Å². The molecule has 3 nitrogen and oxygen atoms in total. The van der Waals surface area contributed by atoms with Crippen LogP contribution >= 0.6 is 0 Å². The van der Waals surface area contributed by atoms with E-state index in [4.69, 9.17) is 0 Å². The van der Waals surface area contributed by atoms with E-state index in [1.807, 2.05) is 17.9 Å². The molecule has 1 saturated heterocycles. The van der Waals surface area contributed by atoms with Gasteiger partial charge in [0.15, 0.2) is 0 Å². The first kappa shape index (κ1) is 13.7. The Morgan fingerprint density at radius 3 is 2.29 bits per heavy atom. The van der Waals surface area contributed by atoms with Gasteiger partial charge in [-0.05, 0) is 19.5 Å². The molecule has 94 valence electrons. The largest absolute Gasteiger partial charge is 0.340 e. The number of piperazine rings is 1. The van der Waals surface area contributed by atoms with Gasteiger partial charge in [-0.2, -0.15) is 0 Å². The van der Waals surface area contributed by atoms with E-state index in [9.17, 15) is 4.79 Å². The van der Waals surface area contributed by atoms with Crippen molar-refractivity contribution < 1.29 is 4.79 Å². The predicted molar refractivity (Wildman–Crippen MR) is 71.7 cm³/mol. The lowest BCUT2D eigenvalue weighted by Gasteiger charge is -2.34. The molecule has 1 rings (SSSR count). The van der Waals surface area contributed by atoms with Crippen LogP contribution in [0.4, 0.5) is 0 Å². The average molecular weight is 234 g/mol. The Balaban J connectivity index is 2.66. The van der Waals surface area contributed by atoms with Crippen molar-refractivity contribution in [1.29, 1.82) is 0 Å². The molecule has 17 heavy (non-hydrogen) atoms. The van der Waals surface area contributed by atoms with E-state index in [1.54, 1.807) is 12.2 Å². The number of amides is 1. The van der Waals surface area contributed by atoms with E-state index in [-0.39, 0.29) is 11.8 Å². The SMILES string of the molecule is C=C/C=C(\C=C)C(C)C(=O)N1CCN(C)CC1. The minimum atomic E-state index is -0.131. The minimum Gasteiger partial charge on any atom is -0.340 e. The topological polar surface area (TPSA) is 23.6 Å². The van der Waals surface area contributed by atoms with Crippen molar-refractivity contribution >= 4 is 5.91 Å². The van der Waals surface area contributed by atoms with Gasteiger partial charge < -0.3 is 9.80 Å². The second kappa shape index (κ2) is 6.40. The van der Waals surface area contributed by atoms with Crippen LogP contribution < -0.4 is 0 Å². The lowest BCUT2D eigenvalue weighted by Crippen LogP contribution is -2.48. The minimum absolute atomic E-state index is 0.131. The predicted octanol–water partition coefficient (Wildman–Crippen LogP) is 1.69. The van der Waals surface area contributed by atoms with E-state index >= 15 is 0 Å². The summed E-state index contributed by atoms with van der Waals surface area (Å²) in [5, 5.41) is 0. The zero-order valence-electron chi connectivity index (χ0n) is 10.9. The zero-order chi connectivity index (χ0) is 12.8. The number of hydrogen-bond acceptors (Lipinski definition) is 2. The summed E-state index contributed by atoms with van der Waals surface area (Å²) in [6.45, 7) is 12.9. The van der Waals surface area contributed by atoms with Crippen molar-refractivity contribution in [1.82, 2.24) is 9.80 Å². The smallest absolute Gasteiger partial charge is 0.229 e. The fourth-order valence-electron chi connectivity index (χ4n) is 1.97. The van der Waals surface area contributed by atoms with Gasteiger partial charge in [0, 0.05) is 26.2 Å². The Kier molecular flexibility index (Phi) is 5.16. The Morgan fingerprint density at radius 1 is 1.24 bits per heavy atom. The highest BCUT2D eigenvalue weighted by Gasteiger charge is 2.24. The van der Waals surface area contributed by atoms with E-state index < -0.39 is 0 Å². The maximum absolute atomic E-state index is 12.3. The molecule has 0 aliphatic carbocycles. The molecule has 0 aromatic rings. The third-order valence-electron chi connectivity index (χ3n) is 3.23. The second-order valence-corrected chi connectivity index (χ2v) is 4.46. The number of rotatable bonds is 4. The van der Waals surface area contributed by atoms with Crippen molar-refractivity contribution in [2.45, 2.75) is 6.92 Å². The third-order valence-corrected chi connectivity index (χ3v) is 3.23. The second-order valence-electron chi connectivity index (χ2n) is 4.46. The molecule has 3 heteroatoms. The Labute approximate surface area is 104 Å². The maximum atomic E-state index is 12.3. The fourth-order valence-corrected chi connectivity index (χ4v) is 1.97. The third kappa shape index (κ3) is 3.56. The molecule has 0 bridgehead atoms. The molecule has 1 aliphatic rings. The standard InChI is InChI=1S/C14H22N2O/c1-5-7-13(6-2)12(3)14(17)16-10-8-15(4)9-11-16/h5-7,12H,1-2,8-11H2,3-4H3/b13-7+. The van der Waals surface area contributed by atoms with Gasteiger partial charge in [0.05, 0.1) is 5.92 Å². The first-order valence-electron chi connectivity index (χ1n) is 6.02. The number of likely N-dealkylation sites (N-methyl/N-ethyl adjacent to an activating group) is 1. The van der Waals surface area contributed by atoms with Crippen LogP contribution in [0.1, 0.15) is 6.92 Å². The molecule has 0 aromatic heterocycles. The van der Waals surface area contributed by atoms with Gasteiger partial charge in [-0.3, -0.25) is 4.79 Å². The van der Waals surface area contributed by atoms with Crippen molar-refractivity contribution in [3.05, 3.63) is 37.0 Å². The van der Waals surface area contributed by atoms with Gasteiger partial charge in [-0.25, -0.2) is 0 Å².